The number of carbonyl (C=O) groups excluding carboxylic acids is 1. The van der Waals surface area contributed by atoms with Crippen LogP contribution in [0.1, 0.15) is 79.5 Å². The van der Waals surface area contributed by atoms with Crippen LogP contribution in [0.15, 0.2) is 12.5 Å². The molecule has 6 rings (SSSR count). The van der Waals surface area contributed by atoms with Gasteiger partial charge in [-0.2, -0.15) is 5.10 Å². The van der Waals surface area contributed by atoms with Gasteiger partial charge in [-0.3, -0.25) is 9.69 Å². The molecular formula is C28H35N5OS. The minimum absolute atomic E-state index is 0.0501. The second-order valence-electron chi connectivity index (χ2n) is 11.2. The lowest BCUT2D eigenvalue weighted by molar-refractivity contribution is -0.122. The Bertz CT molecular complexity index is 1470. The highest BCUT2D eigenvalue weighted by atomic mass is 32.1. The molecule has 2 fully saturated rings. The van der Waals surface area contributed by atoms with Gasteiger partial charge in [0.05, 0.1) is 11.7 Å². The monoisotopic (exact) mass is 489 g/mol. The van der Waals surface area contributed by atoms with E-state index in [0.29, 0.717) is 29.6 Å². The quantitative estimate of drug-likeness (QED) is 0.365. The van der Waals surface area contributed by atoms with Gasteiger partial charge < -0.3 is 4.98 Å². The van der Waals surface area contributed by atoms with Gasteiger partial charge >= 0.3 is 0 Å². The fourth-order valence-corrected chi connectivity index (χ4v) is 8.30. The van der Waals surface area contributed by atoms with E-state index in [0.717, 1.165) is 12.2 Å². The normalized spacial score (nSPS) is 23.4. The molecule has 1 saturated carbocycles. The van der Waals surface area contributed by atoms with E-state index in [4.69, 9.17) is 0 Å². The zero-order chi connectivity index (χ0) is 24.8. The summed E-state index contributed by atoms with van der Waals surface area (Å²) in [6, 6.07) is 0.595. The predicted molar refractivity (Wildman–Crippen MR) is 143 cm³/mol. The number of ketones is 1. The number of nitrogens with zero attached hydrogens (tertiary/aromatic N) is 4. The van der Waals surface area contributed by atoms with Gasteiger partial charge in [0.1, 0.15) is 16.9 Å². The molecular weight excluding hydrogens is 454 g/mol. The van der Waals surface area contributed by atoms with Crippen molar-refractivity contribution in [3.8, 4) is 11.3 Å². The molecule has 7 heteroatoms. The molecule has 6 nitrogen and oxygen atoms in total. The van der Waals surface area contributed by atoms with E-state index < -0.39 is 0 Å². The molecule has 4 atom stereocenters. The summed E-state index contributed by atoms with van der Waals surface area (Å²) >= 11 is 1.96. The number of piperidine rings is 1. The van der Waals surface area contributed by atoms with Crippen LogP contribution in [0.4, 0.5) is 0 Å². The zero-order valence-electron chi connectivity index (χ0n) is 21.8. The molecule has 4 aromatic rings. The smallest absolute Gasteiger partial charge is 0.158 e. The second-order valence-corrected chi connectivity index (χ2v) is 12.2. The largest absolute Gasteiger partial charge is 0.346 e. The first-order valence-electron chi connectivity index (χ1n) is 12.9. The van der Waals surface area contributed by atoms with E-state index in [1.165, 1.54) is 56.6 Å². The molecule has 1 aliphatic heterocycles. The van der Waals surface area contributed by atoms with Crippen molar-refractivity contribution in [2.24, 2.45) is 5.92 Å². The Kier molecular flexibility index (Phi) is 5.24. The third-order valence-electron chi connectivity index (χ3n) is 8.94. The van der Waals surface area contributed by atoms with Crippen molar-refractivity contribution in [2.45, 2.75) is 85.2 Å². The van der Waals surface area contributed by atoms with E-state index in [1.807, 2.05) is 15.9 Å². The highest BCUT2D eigenvalue weighted by Gasteiger charge is 2.48. The van der Waals surface area contributed by atoms with Crippen molar-refractivity contribution in [1.82, 2.24) is 24.5 Å². The van der Waals surface area contributed by atoms with Gasteiger partial charge in [0.2, 0.25) is 0 Å². The first-order chi connectivity index (χ1) is 16.7. The van der Waals surface area contributed by atoms with Crippen molar-refractivity contribution in [1.29, 1.82) is 0 Å². The lowest BCUT2D eigenvalue weighted by atomic mass is 9.88. The van der Waals surface area contributed by atoms with Gasteiger partial charge in [-0.1, -0.05) is 13.8 Å². The molecule has 0 amide bonds. The zero-order valence-corrected chi connectivity index (χ0v) is 22.6. The van der Waals surface area contributed by atoms with Crippen molar-refractivity contribution in [2.75, 3.05) is 6.54 Å². The maximum absolute atomic E-state index is 12.0. The Morgan fingerprint density at radius 2 is 1.91 bits per heavy atom. The molecule has 0 aromatic carbocycles. The minimum Gasteiger partial charge on any atom is -0.346 e. The maximum atomic E-state index is 12.0. The number of likely N-dealkylation sites (tertiary alicyclic amines) is 1. The molecule has 184 valence electrons. The van der Waals surface area contributed by atoms with Crippen molar-refractivity contribution >= 4 is 33.0 Å². The van der Waals surface area contributed by atoms with Crippen molar-refractivity contribution in [3.05, 3.63) is 39.7 Å². The number of fused-ring (bicyclic) bond motifs is 4. The summed E-state index contributed by atoms with van der Waals surface area (Å²) in [5.41, 5.74) is 8.66. The summed E-state index contributed by atoms with van der Waals surface area (Å²) < 4.78 is 1.90. The third-order valence-corrected chi connectivity index (χ3v) is 10.3. The van der Waals surface area contributed by atoms with Crippen LogP contribution >= 0.6 is 11.3 Å². The van der Waals surface area contributed by atoms with E-state index in [-0.39, 0.29) is 6.04 Å². The average Bonchev–Trinajstić information content (AvgIpc) is 3.61. The summed E-state index contributed by atoms with van der Waals surface area (Å²) in [5, 5.41) is 5.85. The number of aryl methyl sites for hydroxylation is 2. The fraction of sp³-hybridized carbons (Fsp3) is 0.536. The van der Waals surface area contributed by atoms with Crippen LogP contribution in [0, 0.1) is 26.7 Å². The number of carbonyl (C=O) groups is 1. The van der Waals surface area contributed by atoms with Crippen molar-refractivity contribution in [3.63, 3.8) is 0 Å². The van der Waals surface area contributed by atoms with E-state index >= 15 is 0 Å². The number of rotatable bonds is 5. The third kappa shape index (κ3) is 3.27. The van der Waals surface area contributed by atoms with E-state index in [9.17, 15) is 4.79 Å². The molecule has 4 aromatic heterocycles. The molecule has 2 bridgehead atoms. The molecule has 1 saturated heterocycles. The molecule has 0 spiro atoms. The number of H-pyrrole nitrogens is 1. The Morgan fingerprint density at radius 3 is 2.57 bits per heavy atom. The number of thiophene rings is 1. The predicted octanol–water partition coefficient (Wildman–Crippen LogP) is 6.14. The number of aromatic nitrogens is 4. The van der Waals surface area contributed by atoms with Crippen LogP contribution in [-0.2, 0) is 4.79 Å². The fourth-order valence-electron chi connectivity index (χ4n) is 6.86. The molecule has 0 unspecified atom stereocenters. The van der Waals surface area contributed by atoms with Crippen LogP contribution < -0.4 is 0 Å². The first kappa shape index (κ1) is 22.9. The number of hydrogen-bond acceptors (Lipinski definition) is 5. The standard InChI is InChI=1S/C28H35N5OS/c1-13(2)23-24-16(5)26(21-9-20-8-19(21)10-32(20)17(6)18(7)34)35-28(24)31-25(23)22-11-33-27(29-12-30-33)15(4)14(22)3/h11-13,17,19-21,31H,8-10H2,1-7H3/t17-,19+,20+,21-/m1/s1. The second kappa shape index (κ2) is 8.00. The van der Waals surface area contributed by atoms with Crippen LogP contribution in [0.25, 0.3) is 27.1 Å². The van der Waals surface area contributed by atoms with Gasteiger partial charge in [0.25, 0.3) is 0 Å². The van der Waals surface area contributed by atoms with Crippen molar-refractivity contribution < 1.29 is 4.79 Å². The van der Waals surface area contributed by atoms with Crippen LogP contribution in [0.2, 0.25) is 0 Å². The Morgan fingerprint density at radius 1 is 1.14 bits per heavy atom. The minimum atomic E-state index is 0.0501. The van der Waals surface area contributed by atoms with Crippen LogP contribution in [0.3, 0.4) is 0 Å². The number of hydrogen-bond donors (Lipinski definition) is 1. The highest BCUT2D eigenvalue weighted by molar-refractivity contribution is 7.19. The number of nitrogens with one attached hydrogen (secondary N) is 1. The summed E-state index contributed by atoms with van der Waals surface area (Å²) in [7, 11) is 0. The molecule has 2 aliphatic rings. The Balaban J connectivity index is 1.42. The number of aromatic amines is 1. The molecule has 5 heterocycles. The van der Waals surface area contributed by atoms with Crippen LogP contribution in [0.5, 0.6) is 0 Å². The molecule has 1 aliphatic carbocycles. The topological polar surface area (TPSA) is 66.3 Å². The van der Waals surface area contributed by atoms with Gasteiger partial charge in [0, 0.05) is 34.6 Å². The number of pyridine rings is 1. The molecule has 0 radical (unpaired) electrons. The lowest BCUT2D eigenvalue weighted by Gasteiger charge is -2.34. The van der Waals surface area contributed by atoms with Crippen LogP contribution in [-0.4, -0.2) is 48.9 Å². The molecule has 1 N–H and O–H groups in total. The lowest BCUT2D eigenvalue weighted by Crippen LogP contribution is -2.44. The summed E-state index contributed by atoms with van der Waals surface area (Å²) in [6.45, 7) is 16.1. The number of Topliss-reactive ketones (excluding diaryl/α,β-unsaturated/α-hetero) is 1. The summed E-state index contributed by atoms with van der Waals surface area (Å²) in [6.07, 6.45) is 6.17. The average molecular weight is 490 g/mol. The van der Waals surface area contributed by atoms with Gasteiger partial charge in [-0.25, -0.2) is 9.50 Å². The SMILES string of the molecule is CC(=O)[C@@H](C)N1C[C@@H]2C[C@H]1C[C@H]2c1sc2[nH]c(-c3cn4ncnc4c(C)c3C)c(C(C)C)c2c1C. The Labute approximate surface area is 210 Å². The van der Waals surface area contributed by atoms with E-state index in [1.54, 1.807) is 18.1 Å². The summed E-state index contributed by atoms with van der Waals surface area (Å²) in [4.78, 5) is 25.6. The highest BCUT2D eigenvalue weighted by Crippen LogP contribution is 2.53. The van der Waals surface area contributed by atoms with Gasteiger partial charge in [-0.15, -0.1) is 11.3 Å². The molecule has 35 heavy (non-hydrogen) atoms. The maximum Gasteiger partial charge on any atom is 0.158 e. The van der Waals surface area contributed by atoms with Gasteiger partial charge in [-0.05, 0) is 87.5 Å². The van der Waals surface area contributed by atoms with E-state index in [2.05, 4.69) is 67.7 Å². The first-order valence-corrected chi connectivity index (χ1v) is 13.7. The summed E-state index contributed by atoms with van der Waals surface area (Å²) in [5.74, 6) is 1.96. The van der Waals surface area contributed by atoms with Gasteiger partial charge in [0.15, 0.2) is 5.65 Å². The Hall–Kier alpha value is -2.51.